The Labute approximate surface area is 342 Å². The van der Waals surface area contributed by atoms with E-state index < -0.39 is 0 Å². The van der Waals surface area contributed by atoms with Crippen molar-refractivity contribution in [2.24, 2.45) is 0 Å². The molecule has 1 aromatic rings. The van der Waals surface area contributed by atoms with Crippen LogP contribution in [0.4, 0.5) is 0 Å². The number of aryl methyl sites for hydroxylation is 1. The minimum absolute atomic E-state index is 0.0445. The molecule has 0 aromatic carbocycles. The van der Waals surface area contributed by atoms with Gasteiger partial charge in [0.05, 0.1) is 18.7 Å². The van der Waals surface area contributed by atoms with Gasteiger partial charge >= 0.3 is 5.97 Å². The fraction of sp³-hybridized carbons (Fsp3) is 0.878. The monoisotopic (exact) mass is 772 g/mol. The fourth-order valence-corrected chi connectivity index (χ4v) is 7.71. The highest BCUT2D eigenvalue weighted by atomic mass is 16.5. The predicted octanol–water partition coefficient (Wildman–Crippen LogP) is 15.0. The topological polar surface area (TPSA) is 56.6 Å². The molecule has 0 aliphatic rings. The molecule has 1 aromatic heterocycles. The standard InChI is InChI=1S/C49H93N3O3/c1-5-8-11-14-17-26-33-45-54-47(4)35-27-20-18-24-31-40-51(42-34-43-52-44-39-50-46-52)41-32-25-19-23-30-38-49(53)55-48(36-28-21-15-12-9-6-2)37-29-22-16-13-10-7-3/h39,44,46,48H,4-38,40-43,45H2,1-3H3. The molecular weight excluding hydrogens is 679 g/mol. The van der Waals surface area contributed by atoms with E-state index in [1.54, 1.807) is 0 Å². The van der Waals surface area contributed by atoms with Crippen molar-refractivity contribution in [1.82, 2.24) is 14.5 Å². The lowest BCUT2D eigenvalue weighted by Gasteiger charge is -2.22. The quantitative estimate of drug-likeness (QED) is 0.0376. The van der Waals surface area contributed by atoms with Crippen molar-refractivity contribution >= 4 is 5.97 Å². The van der Waals surface area contributed by atoms with Gasteiger partial charge in [-0.15, -0.1) is 0 Å². The summed E-state index contributed by atoms with van der Waals surface area (Å²) in [5, 5.41) is 0. The summed E-state index contributed by atoms with van der Waals surface area (Å²) in [6, 6.07) is 0. The molecule has 0 spiro atoms. The van der Waals surface area contributed by atoms with Gasteiger partial charge in [0, 0.05) is 31.8 Å². The van der Waals surface area contributed by atoms with Crippen LogP contribution in [0.25, 0.3) is 0 Å². The molecule has 1 heterocycles. The molecule has 0 amide bonds. The Morgan fingerprint density at radius 1 is 0.582 bits per heavy atom. The van der Waals surface area contributed by atoms with Crippen molar-refractivity contribution in [3.8, 4) is 0 Å². The number of nitrogens with zero attached hydrogens (tertiary/aromatic N) is 3. The molecule has 0 atom stereocenters. The van der Waals surface area contributed by atoms with Crippen LogP contribution in [0, 0.1) is 0 Å². The predicted molar refractivity (Wildman–Crippen MR) is 238 cm³/mol. The maximum absolute atomic E-state index is 12.8. The number of allylic oxidation sites excluding steroid dienone is 1. The number of esters is 1. The van der Waals surface area contributed by atoms with Gasteiger partial charge in [0.15, 0.2) is 0 Å². The Kier molecular flexibility index (Phi) is 37.6. The minimum atomic E-state index is 0.0445. The normalized spacial score (nSPS) is 11.6. The van der Waals surface area contributed by atoms with E-state index in [1.165, 1.54) is 186 Å². The molecular formula is C49H93N3O3. The maximum Gasteiger partial charge on any atom is 0.306 e. The molecule has 0 aliphatic heterocycles. The van der Waals surface area contributed by atoms with Gasteiger partial charge in [-0.3, -0.25) is 4.79 Å². The van der Waals surface area contributed by atoms with E-state index in [1.807, 2.05) is 12.5 Å². The van der Waals surface area contributed by atoms with Gasteiger partial charge in [0.25, 0.3) is 0 Å². The van der Waals surface area contributed by atoms with E-state index in [0.29, 0.717) is 6.42 Å². The molecule has 0 aliphatic carbocycles. The lowest BCUT2D eigenvalue weighted by atomic mass is 10.0. The van der Waals surface area contributed by atoms with Crippen LogP contribution < -0.4 is 0 Å². The number of imidazole rings is 1. The van der Waals surface area contributed by atoms with Crippen LogP contribution in [0.1, 0.15) is 239 Å². The number of hydrogen-bond donors (Lipinski definition) is 0. The lowest BCUT2D eigenvalue weighted by molar-refractivity contribution is -0.150. The van der Waals surface area contributed by atoms with Crippen LogP contribution >= 0.6 is 0 Å². The van der Waals surface area contributed by atoms with Crippen LogP contribution in [-0.4, -0.2) is 52.8 Å². The first-order valence-electron chi connectivity index (χ1n) is 24.3. The number of rotatable bonds is 44. The molecule has 0 fully saturated rings. The summed E-state index contributed by atoms with van der Waals surface area (Å²) in [6.07, 6.45) is 47.8. The molecule has 0 radical (unpaired) electrons. The molecule has 0 unspecified atom stereocenters. The number of carbonyl (C=O) groups excluding carboxylic acids is 1. The summed E-state index contributed by atoms with van der Waals surface area (Å²) in [5.41, 5.74) is 0. The third-order valence-electron chi connectivity index (χ3n) is 11.3. The molecule has 0 saturated heterocycles. The highest BCUT2D eigenvalue weighted by Gasteiger charge is 2.14. The van der Waals surface area contributed by atoms with Gasteiger partial charge in [-0.05, 0) is 83.8 Å². The van der Waals surface area contributed by atoms with Crippen molar-refractivity contribution in [3.63, 3.8) is 0 Å². The highest BCUT2D eigenvalue weighted by Crippen LogP contribution is 2.19. The summed E-state index contributed by atoms with van der Waals surface area (Å²) in [6.45, 7) is 16.4. The van der Waals surface area contributed by atoms with Crippen LogP contribution in [-0.2, 0) is 20.8 Å². The average molecular weight is 772 g/mol. The summed E-state index contributed by atoms with van der Waals surface area (Å²) in [4.78, 5) is 19.7. The number of unbranched alkanes of at least 4 members (excludes halogenated alkanes) is 24. The average Bonchev–Trinajstić information content (AvgIpc) is 3.71. The van der Waals surface area contributed by atoms with Crippen molar-refractivity contribution in [2.75, 3.05) is 26.2 Å². The van der Waals surface area contributed by atoms with Crippen molar-refractivity contribution in [2.45, 2.75) is 252 Å². The van der Waals surface area contributed by atoms with E-state index >= 15 is 0 Å². The van der Waals surface area contributed by atoms with Gasteiger partial charge in [0.2, 0.25) is 0 Å². The largest absolute Gasteiger partial charge is 0.499 e. The second-order valence-corrected chi connectivity index (χ2v) is 16.8. The van der Waals surface area contributed by atoms with Gasteiger partial charge in [-0.1, -0.05) is 169 Å². The van der Waals surface area contributed by atoms with Crippen molar-refractivity contribution < 1.29 is 14.3 Å². The summed E-state index contributed by atoms with van der Waals surface area (Å²) in [7, 11) is 0. The second-order valence-electron chi connectivity index (χ2n) is 16.8. The Morgan fingerprint density at radius 2 is 1.04 bits per heavy atom. The number of hydrogen-bond acceptors (Lipinski definition) is 5. The van der Waals surface area contributed by atoms with E-state index in [0.717, 1.165) is 64.0 Å². The molecule has 0 N–H and O–H groups in total. The maximum atomic E-state index is 12.8. The van der Waals surface area contributed by atoms with E-state index in [-0.39, 0.29) is 12.1 Å². The van der Waals surface area contributed by atoms with Gasteiger partial charge < -0.3 is 18.9 Å². The van der Waals surface area contributed by atoms with Gasteiger partial charge in [-0.25, -0.2) is 4.98 Å². The van der Waals surface area contributed by atoms with Gasteiger partial charge in [-0.2, -0.15) is 0 Å². The van der Waals surface area contributed by atoms with Crippen LogP contribution in [0.2, 0.25) is 0 Å². The Hall–Kier alpha value is -1.82. The first-order chi connectivity index (χ1) is 27.1. The zero-order valence-electron chi connectivity index (χ0n) is 37.2. The molecule has 0 saturated carbocycles. The Bertz CT molecular complexity index is 920. The molecule has 0 bridgehead atoms. The Morgan fingerprint density at radius 3 is 1.56 bits per heavy atom. The number of ether oxygens (including phenoxy) is 2. The molecule has 1 rings (SSSR count). The smallest absolute Gasteiger partial charge is 0.306 e. The van der Waals surface area contributed by atoms with Crippen LogP contribution in [0.3, 0.4) is 0 Å². The molecule has 6 heteroatoms. The van der Waals surface area contributed by atoms with E-state index in [2.05, 4.69) is 48.0 Å². The lowest BCUT2D eigenvalue weighted by Crippen LogP contribution is -2.28. The molecule has 322 valence electrons. The second kappa shape index (κ2) is 40.4. The fourth-order valence-electron chi connectivity index (χ4n) is 7.71. The number of aromatic nitrogens is 2. The highest BCUT2D eigenvalue weighted by molar-refractivity contribution is 5.69. The first kappa shape index (κ1) is 51.2. The minimum Gasteiger partial charge on any atom is -0.499 e. The Balaban J connectivity index is 2.24. The third-order valence-corrected chi connectivity index (χ3v) is 11.3. The van der Waals surface area contributed by atoms with Crippen LogP contribution in [0.5, 0.6) is 0 Å². The van der Waals surface area contributed by atoms with Crippen molar-refractivity contribution in [3.05, 3.63) is 31.1 Å². The summed E-state index contributed by atoms with van der Waals surface area (Å²) in [5.74, 6) is 1.03. The zero-order valence-corrected chi connectivity index (χ0v) is 37.2. The summed E-state index contributed by atoms with van der Waals surface area (Å²) < 4.78 is 14.2. The van der Waals surface area contributed by atoms with E-state index in [9.17, 15) is 4.79 Å². The molecule has 55 heavy (non-hydrogen) atoms. The van der Waals surface area contributed by atoms with Gasteiger partial charge in [0.1, 0.15) is 6.10 Å². The summed E-state index contributed by atoms with van der Waals surface area (Å²) >= 11 is 0. The van der Waals surface area contributed by atoms with E-state index in [4.69, 9.17) is 9.47 Å². The third kappa shape index (κ3) is 35.1. The van der Waals surface area contributed by atoms with Crippen LogP contribution in [0.15, 0.2) is 31.1 Å². The number of carbonyl (C=O) groups is 1. The zero-order chi connectivity index (χ0) is 39.7. The first-order valence-corrected chi connectivity index (χ1v) is 24.3. The molecule has 6 nitrogen and oxygen atoms in total. The van der Waals surface area contributed by atoms with Crippen molar-refractivity contribution in [1.29, 1.82) is 0 Å². The SMILES string of the molecule is C=C(CCCCCCCN(CCCCCCCC(=O)OC(CCCCCCCC)CCCCCCCC)CCCn1ccnc1)OCCCCCCCCC.